The molecule has 0 aliphatic carbocycles. The predicted octanol–water partition coefficient (Wildman–Crippen LogP) is 3.57. The summed E-state index contributed by atoms with van der Waals surface area (Å²) in [7, 11) is 0. The van der Waals surface area contributed by atoms with Crippen molar-refractivity contribution < 1.29 is 9.90 Å². The molecule has 0 saturated carbocycles. The fraction of sp³-hybridized carbons (Fsp3) is 0.300. The standard InChI is InChI=1S/C8H8Br2.C2H4O2/c9-5-7-3-1-2-4-8(7)6-10;1-2(3)4/h1-4H,5-6H2;1H3,(H,3,4). The molecule has 14 heavy (non-hydrogen) atoms. The van der Waals surface area contributed by atoms with E-state index in [0.717, 1.165) is 17.6 Å². The smallest absolute Gasteiger partial charge is 0.300 e. The Morgan fingerprint density at radius 1 is 1.21 bits per heavy atom. The summed E-state index contributed by atoms with van der Waals surface area (Å²) in [4.78, 5) is 9.00. The number of alkyl halides is 2. The molecule has 0 aliphatic rings. The zero-order valence-electron chi connectivity index (χ0n) is 7.84. The van der Waals surface area contributed by atoms with Crippen molar-refractivity contribution in [3.8, 4) is 0 Å². The third-order valence-corrected chi connectivity index (χ3v) is 2.61. The highest BCUT2D eigenvalue weighted by Gasteiger charge is 1.95. The lowest BCUT2D eigenvalue weighted by Gasteiger charge is -2.00. The summed E-state index contributed by atoms with van der Waals surface area (Å²) >= 11 is 6.86. The van der Waals surface area contributed by atoms with Gasteiger partial charge in [0.2, 0.25) is 0 Å². The second-order valence-corrected chi connectivity index (χ2v) is 3.68. The number of rotatable bonds is 2. The topological polar surface area (TPSA) is 37.3 Å². The Kier molecular flexibility index (Phi) is 7.80. The summed E-state index contributed by atoms with van der Waals surface area (Å²) in [5.74, 6) is -0.833. The lowest BCUT2D eigenvalue weighted by Crippen LogP contribution is -1.84. The highest BCUT2D eigenvalue weighted by atomic mass is 79.9. The number of carboxylic acid groups (broad SMARTS) is 1. The van der Waals surface area contributed by atoms with Crippen molar-refractivity contribution in [3.63, 3.8) is 0 Å². The van der Waals surface area contributed by atoms with E-state index in [0.29, 0.717) is 0 Å². The van der Waals surface area contributed by atoms with Crippen LogP contribution in [0.15, 0.2) is 24.3 Å². The minimum absolute atomic E-state index is 0.833. The Hall–Kier alpha value is -0.350. The third-order valence-electron chi connectivity index (χ3n) is 1.41. The van der Waals surface area contributed by atoms with E-state index in [1.54, 1.807) is 0 Å². The van der Waals surface area contributed by atoms with Gasteiger partial charge in [0.05, 0.1) is 0 Å². The van der Waals surface area contributed by atoms with Crippen LogP contribution in [0.1, 0.15) is 18.1 Å². The van der Waals surface area contributed by atoms with Gasteiger partial charge in [-0.3, -0.25) is 4.79 Å². The van der Waals surface area contributed by atoms with Crippen LogP contribution in [0.2, 0.25) is 0 Å². The van der Waals surface area contributed by atoms with E-state index in [-0.39, 0.29) is 0 Å². The Morgan fingerprint density at radius 3 is 1.71 bits per heavy atom. The van der Waals surface area contributed by atoms with Crippen LogP contribution in [0.25, 0.3) is 0 Å². The summed E-state index contributed by atoms with van der Waals surface area (Å²) in [5, 5.41) is 9.30. The third kappa shape index (κ3) is 6.16. The molecule has 0 heterocycles. The zero-order valence-corrected chi connectivity index (χ0v) is 11.0. The Morgan fingerprint density at radius 2 is 1.50 bits per heavy atom. The molecule has 0 atom stereocenters. The van der Waals surface area contributed by atoms with Crippen LogP contribution >= 0.6 is 31.9 Å². The van der Waals surface area contributed by atoms with Crippen molar-refractivity contribution in [2.45, 2.75) is 17.6 Å². The Labute approximate surface area is 101 Å². The molecule has 0 unspecified atom stereocenters. The summed E-state index contributed by atoms with van der Waals surface area (Å²) < 4.78 is 0. The van der Waals surface area contributed by atoms with E-state index in [1.165, 1.54) is 11.1 Å². The van der Waals surface area contributed by atoms with Crippen LogP contribution in [0, 0.1) is 0 Å². The van der Waals surface area contributed by atoms with Gasteiger partial charge in [0, 0.05) is 17.6 Å². The van der Waals surface area contributed by atoms with E-state index < -0.39 is 5.97 Å². The number of halogens is 2. The zero-order chi connectivity index (χ0) is 11.0. The van der Waals surface area contributed by atoms with Gasteiger partial charge in [0.25, 0.3) is 5.97 Å². The van der Waals surface area contributed by atoms with Crippen LogP contribution in [0.5, 0.6) is 0 Å². The van der Waals surface area contributed by atoms with Gasteiger partial charge in [-0.25, -0.2) is 0 Å². The SMILES string of the molecule is BrCc1ccccc1CBr.CC(=O)O. The van der Waals surface area contributed by atoms with E-state index in [9.17, 15) is 0 Å². The molecule has 1 aromatic carbocycles. The number of carbonyl (C=O) groups is 1. The molecule has 78 valence electrons. The minimum Gasteiger partial charge on any atom is -0.481 e. The maximum atomic E-state index is 9.00. The highest BCUT2D eigenvalue weighted by Crippen LogP contribution is 2.14. The van der Waals surface area contributed by atoms with E-state index in [4.69, 9.17) is 9.90 Å². The predicted molar refractivity (Wildman–Crippen MR) is 65.0 cm³/mol. The normalized spacial score (nSPS) is 8.79. The first-order valence-electron chi connectivity index (χ1n) is 4.00. The number of carboxylic acids is 1. The first kappa shape index (κ1) is 13.7. The summed E-state index contributed by atoms with van der Waals surface area (Å²) in [5.41, 5.74) is 2.72. The van der Waals surface area contributed by atoms with Gasteiger partial charge >= 0.3 is 0 Å². The van der Waals surface area contributed by atoms with Crippen LogP contribution in [-0.4, -0.2) is 11.1 Å². The van der Waals surface area contributed by atoms with E-state index in [1.807, 2.05) is 0 Å². The lowest BCUT2D eigenvalue weighted by molar-refractivity contribution is -0.134. The molecule has 0 saturated heterocycles. The van der Waals surface area contributed by atoms with E-state index in [2.05, 4.69) is 56.1 Å². The average Bonchev–Trinajstić information content (AvgIpc) is 2.17. The van der Waals surface area contributed by atoms with Crippen molar-refractivity contribution in [1.82, 2.24) is 0 Å². The fourth-order valence-electron chi connectivity index (χ4n) is 0.818. The van der Waals surface area contributed by atoms with Crippen molar-refractivity contribution in [1.29, 1.82) is 0 Å². The van der Waals surface area contributed by atoms with Gasteiger partial charge < -0.3 is 5.11 Å². The summed E-state index contributed by atoms with van der Waals surface area (Å²) in [6, 6.07) is 8.38. The highest BCUT2D eigenvalue weighted by molar-refractivity contribution is 9.09. The molecule has 0 radical (unpaired) electrons. The van der Waals surface area contributed by atoms with Crippen molar-refractivity contribution in [2.75, 3.05) is 0 Å². The lowest BCUT2D eigenvalue weighted by atomic mass is 10.1. The molecular weight excluding hydrogens is 312 g/mol. The van der Waals surface area contributed by atoms with Crippen LogP contribution in [0.4, 0.5) is 0 Å². The van der Waals surface area contributed by atoms with Gasteiger partial charge in [-0.2, -0.15) is 0 Å². The first-order chi connectivity index (χ1) is 6.61. The molecule has 0 spiro atoms. The second-order valence-electron chi connectivity index (χ2n) is 2.55. The quantitative estimate of drug-likeness (QED) is 0.845. The second kappa shape index (κ2) is 8.00. The van der Waals surface area contributed by atoms with Crippen molar-refractivity contribution in [3.05, 3.63) is 35.4 Å². The van der Waals surface area contributed by atoms with Gasteiger partial charge in [0.15, 0.2) is 0 Å². The molecular formula is C10H12Br2O2. The van der Waals surface area contributed by atoms with Crippen LogP contribution in [0.3, 0.4) is 0 Å². The number of aliphatic carboxylic acids is 1. The van der Waals surface area contributed by atoms with Gasteiger partial charge in [-0.15, -0.1) is 0 Å². The molecule has 0 fully saturated rings. The maximum Gasteiger partial charge on any atom is 0.300 e. The molecule has 2 nitrogen and oxygen atoms in total. The molecule has 1 N–H and O–H groups in total. The number of hydrogen-bond donors (Lipinski definition) is 1. The van der Waals surface area contributed by atoms with Crippen molar-refractivity contribution in [2.24, 2.45) is 0 Å². The largest absolute Gasteiger partial charge is 0.481 e. The average molecular weight is 324 g/mol. The first-order valence-corrected chi connectivity index (χ1v) is 6.24. The molecule has 0 amide bonds. The summed E-state index contributed by atoms with van der Waals surface area (Å²) in [6.07, 6.45) is 0. The number of benzene rings is 1. The van der Waals surface area contributed by atoms with Crippen LogP contribution in [-0.2, 0) is 15.5 Å². The molecule has 0 aromatic heterocycles. The number of hydrogen-bond acceptors (Lipinski definition) is 1. The molecule has 0 bridgehead atoms. The monoisotopic (exact) mass is 322 g/mol. The Bertz CT molecular complexity index is 260. The molecule has 4 heteroatoms. The van der Waals surface area contributed by atoms with Gasteiger partial charge in [0.1, 0.15) is 0 Å². The minimum atomic E-state index is -0.833. The molecule has 1 rings (SSSR count). The van der Waals surface area contributed by atoms with Gasteiger partial charge in [-0.05, 0) is 11.1 Å². The van der Waals surface area contributed by atoms with E-state index >= 15 is 0 Å². The molecule has 0 aliphatic heterocycles. The summed E-state index contributed by atoms with van der Waals surface area (Å²) in [6.45, 7) is 1.08. The molecule has 1 aromatic rings. The Balaban J connectivity index is 0.000000364. The van der Waals surface area contributed by atoms with Crippen molar-refractivity contribution >= 4 is 37.8 Å². The van der Waals surface area contributed by atoms with Crippen LogP contribution < -0.4 is 0 Å². The van der Waals surface area contributed by atoms with Gasteiger partial charge in [-0.1, -0.05) is 56.1 Å². The maximum absolute atomic E-state index is 9.00. The fourth-order valence-corrected chi connectivity index (χ4v) is 1.91.